The molecule has 0 saturated heterocycles. The molecule has 4 rings (SSSR count). The second-order valence-corrected chi connectivity index (χ2v) is 11.3. The van der Waals surface area contributed by atoms with Crippen molar-refractivity contribution in [3.05, 3.63) is 99.5 Å². The Labute approximate surface area is 230 Å². The van der Waals surface area contributed by atoms with Crippen LogP contribution in [0.15, 0.2) is 76.4 Å². The van der Waals surface area contributed by atoms with Crippen molar-refractivity contribution in [1.29, 1.82) is 0 Å². The van der Waals surface area contributed by atoms with E-state index in [0.29, 0.717) is 34.9 Å². The largest absolute Gasteiger partial charge is 0.494 e. The van der Waals surface area contributed by atoms with Crippen molar-refractivity contribution in [3.8, 4) is 17.2 Å². The number of nitrogens with zero attached hydrogens (tertiary/aromatic N) is 3. The van der Waals surface area contributed by atoms with Crippen LogP contribution in [0, 0.1) is 27.7 Å². The van der Waals surface area contributed by atoms with Crippen molar-refractivity contribution in [2.24, 2.45) is 7.05 Å². The average Bonchev–Trinajstić information content (AvgIpc) is 3.10. The zero-order valence-corrected chi connectivity index (χ0v) is 24.1. The number of sulfonamides is 1. The number of aryl methyl sites for hydroxylation is 3. The van der Waals surface area contributed by atoms with E-state index < -0.39 is 15.6 Å². The smallest absolute Gasteiger partial charge is 0.296 e. The summed E-state index contributed by atoms with van der Waals surface area (Å²) in [5.41, 5.74) is 3.06. The summed E-state index contributed by atoms with van der Waals surface area (Å²) in [6.45, 7) is 9.69. The van der Waals surface area contributed by atoms with Crippen LogP contribution in [0.1, 0.15) is 29.3 Å². The lowest BCUT2D eigenvalue weighted by molar-refractivity contribution is 0.323. The lowest BCUT2D eigenvalue weighted by Gasteiger charge is -2.25. The van der Waals surface area contributed by atoms with Gasteiger partial charge in [0.15, 0.2) is 0 Å². The Kier molecular flexibility index (Phi) is 8.20. The first-order chi connectivity index (χ1) is 18.6. The molecule has 0 bridgehead atoms. The third kappa shape index (κ3) is 5.59. The zero-order valence-electron chi connectivity index (χ0n) is 23.3. The van der Waals surface area contributed by atoms with E-state index >= 15 is 0 Å². The molecule has 0 aliphatic carbocycles. The lowest BCUT2D eigenvalue weighted by atomic mass is 10.1. The number of hydrogen-bond acceptors (Lipinski definition) is 5. The maximum atomic E-state index is 14.3. The minimum atomic E-state index is -4.12. The van der Waals surface area contributed by atoms with Gasteiger partial charge in [0.05, 0.1) is 29.4 Å². The summed E-state index contributed by atoms with van der Waals surface area (Å²) in [7, 11) is -2.38. The molecule has 0 radical (unpaired) electrons. The molecule has 0 unspecified atom stereocenters. The molecule has 0 N–H and O–H groups in total. The molecule has 0 atom stereocenters. The number of rotatable bonds is 10. The van der Waals surface area contributed by atoms with Crippen molar-refractivity contribution in [2.45, 2.75) is 39.5 Å². The molecule has 4 aromatic rings. The Morgan fingerprint density at radius 3 is 1.97 bits per heavy atom. The van der Waals surface area contributed by atoms with Gasteiger partial charge in [-0.25, -0.2) is 13.1 Å². The number of anilines is 1. The number of para-hydroxylation sites is 1. The molecular formula is C30H35N3O5S. The summed E-state index contributed by atoms with van der Waals surface area (Å²) in [6, 6.07) is 20.0. The summed E-state index contributed by atoms with van der Waals surface area (Å²) < 4.78 is 44.4. The monoisotopic (exact) mass is 549 g/mol. The van der Waals surface area contributed by atoms with Gasteiger partial charge in [-0.3, -0.25) is 13.8 Å². The summed E-state index contributed by atoms with van der Waals surface area (Å²) in [5.74, 6) is 1.30. The molecule has 0 aliphatic heterocycles. The van der Waals surface area contributed by atoms with E-state index in [0.717, 1.165) is 11.3 Å². The van der Waals surface area contributed by atoms with Gasteiger partial charge in [-0.1, -0.05) is 35.9 Å². The van der Waals surface area contributed by atoms with Crippen LogP contribution in [-0.4, -0.2) is 37.5 Å². The molecule has 9 heteroatoms. The first-order valence-corrected chi connectivity index (χ1v) is 14.3. The summed E-state index contributed by atoms with van der Waals surface area (Å²) >= 11 is 0. The molecule has 3 aromatic carbocycles. The van der Waals surface area contributed by atoms with Gasteiger partial charge in [0.1, 0.15) is 23.8 Å². The van der Waals surface area contributed by atoms with Gasteiger partial charge in [-0.2, -0.15) is 0 Å². The lowest BCUT2D eigenvalue weighted by Crippen LogP contribution is -2.39. The van der Waals surface area contributed by atoms with Crippen molar-refractivity contribution in [3.63, 3.8) is 0 Å². The van der Waals surface area contributed by atoms with E-state index in [4.69, 9.17) is 9.47 Å². The molecule has 0 aliphatic rings. The third-order valence-corrected chi connectivity index (χ3v) is 8.73. The van der Waals surface area contributed by atoms with Gasteiger partial charge in [-0.15, -0.1) is 0 Å². The minimum Gasteiger partial charge on any atom is -0.494 e. The van der Waals surface area contributed by atoms with Gasteiger partial charge in [-0.05, 0) is 82.1 Å². The van der Waals surface area contributed by atoms with Crippen molar-refractivity contribution >= 4 is 15.7 Å². The predicted molar refractivity (Wildman–Crippen MR) is 154 cm³/mol. The van der Waals surface area contributed by atoms with Gasteiger partial charge in [0.2, 0.25) is 0 Å². The van der Waals surface area contributed by atoms with Crippen LogP contribution >= 0.6 is 0 Å². The highest BCUT2D eigenvalue weighted by Crippen LogP contribution is 2.30. The predicted octanol–water partition coefficient (Wildman–Crippen LogP) is 5.08. The van der Waals surface area contributed by atoms with E-state index in [1.54, 1.807) is 56.8 Å². The normalized spacial score (nSPS) is 11.4. The highest BCUT2D eigenvalue weighted by molar-refractivity contribution is 7.93. The van der Waals surface area contributed by atoms with Crippen molar-refractivity contribution < 1.29 is 17.9 Å². The van der Waals surface area contributed by atoms with Crippen LogP contribution in [0.25, 0.3) is 5.69 Å². The highest BCUT2D eigenvalue weighted by Gasteiger charge is 2.33. The molecule has 1 aromatic heterocycles. The van der Waals surface area contributed by atoms with Crippen LogP contribution in [0.4, 0.5) is 5.69 Å². The van der Waals surface area contributed by atoms with Crippen LogP contribution < -0.4 is 19.3 Å². The Morgan fingerprint density at radius 2 is 1.41 bits per heavy atom. The van der Waals surface area contributed by atoms with E-state index in [1.807, 2.05) is 56.3 Å². The van der Waals surface area contributed by atoms with E-state index in [-0.39, 0.29) is 23.7 Å². The van der Waals surface area contributed by atoms with Crippen molar-refractivity contribution in [2.75, 3.05) is 24.1 Å². The molecular weight excluding hydrogens is 514 g/mol. The van der Waals surface area contributed by atoms with Gasteiger partial charge >= 0.3 is 0 Å². The van der Waals surface area contributed by atoms with Gasteiger partial charge in [0.25, 0.3) is 15.6 Å². The Balaban J connectivity index is 1.79. The SMILES string of the molecule is CCOc1ccc(OCCN(c2c(C)n(C)n(-c3ccccc3)c2=O)S(=O)(=O)c2c(C)cc(C)cc2C)cc1. The molecule has 0 saturated carbocycles. The second-order valence-electron chi connectivity index (χ2n) is 9.47. The van der Waals surface area contributed by atoms with E-state index in [2.05, 4.69) is 0 Å². The Hall–Kier alpha value is -3.98. The molecule has 0 amide bonds. The number of benzene rings is 3. The fourth-order valence-electron chi connectivity index (χ4n) is 4.92. The molecule has 39 heavy (non-hydrogen) atoms. The van der Waals surface area contributed by atoms with Crippen LogP contribution in [0.5, 0.6) is 11.5 Å². The quantitative estimate of drug-likeness (QED) is 0.275. The minimum absolute atomic E-state index is 0.0380. The highest BCUT2D eigenvalue weighted by atomic mass is 32.2. The fourth-order valence-corrected chi connectivity index (χ4v) is 6.84. The molecule has 8 nitrogen and oxygen atoms in total. The first kappa shape index (κ1) is 28.0. The van der Waals surface area contributed by atoms with E-state index in [9.17, 15) is 13.2 Å². The Morgan fingerprint density at radius 1 is 0.846 bits per heavy atom. The maximum absolute atomic E-state index is 14.3. The topological polar surface area (TPSA) is 82.8 Å². The molecule has 206 valence electrons. The summed E-state index contributed by atoms with van der Waals surface area (Å²) in [6.07, 6.45) is 0. The van der Waals surface area contributed by atoms with Gasteiger partial charge in [0, 0.05) is 7.05 Å². The fraction of sp³-hybridized carbons (Fsp3) is 0.300. The summed E-state index contributed by atoms with van der Waals surface area (Å²) in [5, 5.41) is 0. The second kappa shape index (κ2) is 11.4. The average molecular weight is 550 g/mol. The standard InChI is InChI=1S/C30H35N3O5S/c1-7-37-26-13-15-27(16-14-26)38-18-17-32(39(35,36)29-22(3)19-21(2)20-23(29)4)28-24(5)31(6)33(30(28)34)25-11-9-8-10-12-25/h8-16,19-20H,7,17-18H2,1-6H3. The number of aromatic nitrogens is 2. The van der Waals surface area contributed by atoms with E-state index in [1.165, 1.54) is 8.99 Å². The first-order valence-electron chi connectivity index (χ1n) is 12.9. The maximum Gasteiger partial charge on any atom is 0.296 e. The number of ether oxygens (including phenoxy) is 2. The molecule has 0 spiro atoms. The molecule has 1 heterocycles. The third-order valence-electron chi connectivity index (χ3n) is 6.62. The Bertz CT molecular complexity index is 1600. The summed E-state index contributed by atoms with van der Waals surface area (Å²) in [4.78, 5) is 14.1. The number of hydrogen-bond donors (Lipinski definition) is 0. The zero-order chi connectivity index (χ0) is 28.3. The van der Waals surface area contributed by atoms with Crippen molar-refractivity contribution in [1.82, 2.24) is 9.36 Å². The van der Waals surface area contributed by atoms with Crippen LogP contribution in [-0.2, 0) is 17.1 Å². The van der Waals surface area contributed by atoms with Crippen LogP contribution in [0.3, 0.4) is 0 Å². The van der Waals surface area contributed by atoms with Gasteiger partial charge < -0.3 is 9.47 Å². The van der Waals surface area contributed by atoms with Crippen LogP contribution in [0.2, 0.25) is 0 Å². The molecule has 0 fully saturated rings.